The van der Waals surface area contributed by atoms with Crippen molar-refractivity contribution >= 4 is 39.9 Å². The highest BCUT2D eigenvalue weighted by molar-refractivity contribution is 6.31. The van der Waals surface area contributed by atoms with Crippen LogP contribution in [0.15, 0.2) is 72.0 Å². The van der Waals surface area contributed by atoms with Gasteiger partial charge in [-0.2, -0.15) is 0 Å². The number of halogens is 1. The zero-order valence-electron chi connectivity index (χ0n) is 16.7. The molecule has 2 amide bonds. The number of rotatable bonds is 5. The average Bonchev–Trinajstić information content (AvgIpc) is 2.81. The van der Waals surface area contributed by atoms with E-state index in [-0.39, 0.29) is 16.6 Å². The molecule has 9 nitrogen and oxygen atoms in total. The molecule has 2 aromatic carbocycles. The number of amides is 2. The van der Waals surface area contributed by atoms with Gasteiger partial charge in [0.1, 0.15) is 11.4 Å². The van der Waals surface area contributed by atoms with Crippen LogP contribution in [-0.2, 0) is 0 Å². The van der Waals surface area contributed by atoms with Crippen LogP contribution >= 0.6 is 11.6 Å². The van der Waals surface area contributed by atoms with Crippen molar-refractivity contribution in [3.8, 4) is 5.75 Å². The average molecular weight is 450 g/mol. The van der Waals surface area contributed by atoms with E-state index in [1.807, 2.05) is 0 Å². The fourth-order valence-electron chi connectivity index (χ4n) is 3.11. The summed E-state index contributed by atoms with van der Waals surface area (Å²) in [6, 6.07) is 11.4. The number of pyridine rings is 1. The van der Waals surface area contributed by atoms with Crippen LogP contribution in [0.4, 0.5) is 5.69 Å². The highest BCUT2D eigenvalue weighted by Gasteiger charge is 2.18. The number of fused-ring (bicyclic) bond motifs is 1. The smallest absolute Gasteiger partial charge is 0.290 e. The van der Waals surface area contributed by atoms with Gasteiger partial charge in [0.05, 0.1) is 24.6 Å². The van der Waals surface area contributed by atoms with Crippen molar-refractivity contribution in [1.29, 1.82) is 0 Å². The van der Waals surface area contributed by atoms with E-state index in [4.69, 9.17) is 16.3 Å². The molecule has 10 heteroatoms. The van der Waals surface area contributed by atoms with E-state index in [2.05, 4.69) is 20.7 Å². The Balaban J connectivity index is 1.77. The molecule has 0 aliphatic carbocycles. The van der Waals surface area contributed by atoms with E-state index in [1.54, 1.807) is 42.5 Å². The third kappa shape index (κ3) is 4.14. The van der Waals surface area contributed by atoms with Crippen molar-refractivity contribution in [2.24, 2.45) is 0 Å². The number of nitrogens with one attached hydrogen (secondary N) is 2. The first-order valence-corrected chi connectivity index (χ1v) is 9.72. The summed E-state index contributed by atoms with van der Waals surface area (Å²) < 4.78 is 6.22. The summed E-state index contributed by atoms with van der Waals surface area (Å²) in [7, 11) is 1.47. The van der Waals surface area contributed by atoms with Gasteiger partial charge in [-0.05, 0) is 24.3 Å². The maximum Gasteiger partial charge on any atom is 0.290 e. The minimum Gasteiger partial charge on any atom is -0.495 e. The quantitative estimate of drug-likeness (QED) is 0.483. The van der Waals surface area contributed by atoms with Crippen LogP contribution in [0.1, 0.15) is 20.8 Å². The second-order valence-electron chi connectivity index (χ2n) is 6.59. The second-order valence-corrected chi connectivity index (χ2v) is 7.03. The van der Waals surface area contributed by atoms with Gasteiger partial charge in [0.2, 0.25) is 0 Å². The second kappa shape index (κ2) is 8.86. The first-order chi connectivity index (χ1) is 15.5. The fraction of sp³-hybridized carbons (Fsp3) is 0.0455. The zero-order valence-corrected chi connectivity index (χ0v) is 17.5. The fourth-order valence-corrected chi connectivity index (χ4v) is 3.28. The number of aromatic nitrogens is 3. The molecule has 0 unspecified atom stereocenters. The Hall–Kier alpha value is -4.24. The highest BCUT2D eigenvalue weighted by Crippen LogP contribution is 2.28. The minimum atomic E-state index is -0.654. The molecule has 4 rings (SSSR count). The monoisotopic (exact) mass is 449 g/mol. The van der Waals surface area contributed by atoms with Crippen LogP contribution in [0.3, 0.4) is 0 Å². The molecule has 0 fully saturated rings. The molecule has 0 atom stereocenters. The van der Waals surface area contributed by atoms with Gasteiger partial charge >= 0.3 is 0 Å². The van der Waals surface area contributed by atoms with Crippen molar-refractivity contribution in [3.63, 3.8) is 0 Å². The summed E-state index contributed by atoms with van der Waals surface area (Å²) in [5.41, 5.74) is 2.47. The summed E-state index contributed by atoms with van der Waals surface area (Å²) in [4.78, 5) is 46.3. The number of carbonyl (C=O) groups is 2. The molecular formula is C22H16ClN5O4. The van der Waals surface area contributed by atoms with Gasteiger partial charge in [-0.3, -0.25) is 24.8 Å². The van der Waals surface area contributed by atoms with Gasteiger partial charge in [-0.1, -0.05) is 29.8 Å². The van der Waals surface area contributed by atoms with Crippen LogP contribution in [0.2, 0.25) is 5.02 Å². The van der Waals surface area contributed by atoms with E-state index >= 15 is 0 Å². The van der Waals surface area contributed by atoms with Gasteiger partial charge in [0, 0.05) is 34.4 Å². The maximum atomic E-state index is 13.2. The Labute approximate surface area is 186 Å². The third-order valence-corrected chi connectivity index (χ3v) is 4.83. The van der Waals surface area contributed by atoms with Gasteiger partial charge in [0.15, 0.2) is 0 Å². The highest BCUT2D eigenvalue weighted by atomic mass is 35.5. The Kier molecular flexibility index (Phi) is 5.82. The SMILES string of the molecule is COc1ccc(Cl)cc1NC(=O)c1cn(NC(=O)c2cnccn2)c(=O)c2ccccc12. The number of benzene rings is 2. The number of nitrogens with zero attached hydrogens (tertiary/aromatic N) is 3. The lowest BCUT2D eigenvalue weighted by Crippen LogP contribution is -2.34. The predicted molar refractivity (Wildman–Crippen MR) is 120 cm³/mol. The van der Waals surface area contributed by atoms with Gasteiger partial charge < -0.3 is 10.1 Å². The Morgan fingerprint density at radius 2 is 1.84 bits per heavy atom. The number of hydrogen-bond donors (Lipinski definition) is 2. The van der Waals surface area contributed by atoms with E-state index in [1.165, 1.54) is 31.9 Å². The van der Waals surface area contributed by atoms with Gasteiger partial charge in [0.25, 0.3) is 17.4 Å². The minimum absolute atomic E-state index is 0.0159. The van der Waals surface area contributed by atoms with Crippen molar-refractivity contribution in [1.82, 2.24) is 14.6 Å². The van der Waals surface area contributed by atoms with Crippen molar-refractivity contribution in [2.45, 2.75) is 0 Å². The Morgan fingerprint density at radius 1 is 1.06 bits per heavy atom. The molecule has 160 valence electrons. The van der Waals surface area contributed by atoms with Crippen molar-refractivity contribution < 1.29 is 14.3 Å². The first kappa shape index (κ1) is 21.0. The van der Waals surface area contributed by atoms with Crippen molar-refractivity contribution in [2.75, 3.05) is 17.9 Å². The zero-order chi connectivity index (χ0) is 22.7. The number of carbonyl (C=O) groups excluding carboxylic acids is 2. The molecule has 0 saturated carbocycles. The van der Waals surface area contributed by atoms with Crippen LogP contribution in [0.5, 0.6) is 5.75 Å². The molecule has 0 aliphatic heterocycles. The van der Waals surface area contributed by atoms with Gasteiger partial charge in [-0.15, -0.1) is 0 Å². The number of ether oxygens (including phenoxy) is 1. The molecular weight excluding hydrogens is 434 g/mol. The molecule has 4 aromatic rings. The summed E-state index contributed by atoms with van der Waals surface area (Å²) in [5.74, 6) is -0.765. The molecule has 0 saturated heterocycles. The topological polar surface area (TPSA) is 115 Å². The number of methoxy groups -OCH3 is 1. The lowest BCUT2D eigenvalue weighted by atomic mass is 10.1. The normalized spacial score (nSPS) is 10.6. The third-order valence-electron chi connectivity index (χ3n) is 4.60. The number of hydrogen-bond acceptors (Lipinski definition) is 6. The van der Waals surface area contributed by atoms with E-state index in [0.717, 1.165) is 4.68 Å². The lowest BCUT2D eigenvalue weighted by Gasteiger charge is -2.14. The van der Waals surface area contributed by atoms with E-state index < -0.39 is 17.4 Å². The van der Waals surface area contributed by atoms with Crippen LogP contribution < -0.4 is 21.0 Å². The van der Waals surface area contributed by atoms with E-state index in [9.17, 15) is 14.4 Å². The van der Waals surface area contributed by atoms with Crippen LogP contribution in [0, 0.1) is 0 Å². The molecule has 32 heavy (non-hydrogen) atoms. The first-order valence-electron chi connectivity index (χ1n) is 9.34. The lowest BCUT2D eigenvalue weighted by molar-refractivity contribution is 0.0995. The number of anilines is 1. The summed E-state index contributed by atoms with van der Waals surface area (Å²) in [6.07, 6.45) is 5.30. The Bertz CT molecular complexity index is 1390. The molecule has 2 heterocycles. The van der Waals surface area contributed by atoms with Gasteiger partial charge in [-0.25, -0.2) is 9.66 Å². The summed E-state index contributed by atoms with van der Waals surface area (Å²) in [5, 5.41) is 3.82. The Morgan fingerprint density at radius 3 is 2.56 bits per heavy atom. The molecule has 0 aliphatic rings. The maximum absolute atomic E-state index is 13.2. The molecule has 0 spiro atoms. The van der Waals surface area contributed by atoms with Crippen LogP contribution in [0.25, 0.3) is 10.8 Å². The molecule has 2 N–H and O–H groups in total. The molecule has 0 bridgehead atoms. The predicted octanol–water partition coefficient (Wildman–Crippen LogP) is 3.09. The van der Waals surface area contributed by atoms with Crippen LogP contribution in [-0.4, -0.2) is 33.6 Å². The summed E-state index contributed by atoms with van der Waals surface area (Å²) >= 11 is 6.05. The van der Waals surface area contributed by atoms with E-state index in [0.29, 0.717) is 21.8 Å². The standard InChI is InChI=1S/C22H16ClN5O4/c1-32-19-7-6-13(23)10-17(19)26-20(29)16-12-28(22(31)15-5-3-2-4-14(15)16)27-21(30)18-11-24-8-9-25-18/h2-12H,1H3,(H,26,29)(H,27,30). The largest absolute Gasteiger partial charge is 0.495 e. The molecule has 0 radical (unpaired) electrons. The summed E-state index contributed by atoms with van der Waals surface area (Å²) in [6.45, 7) is 0. The molecule has 2 aromatic heterocycles. The van der Waals surface area contributed by atoms with Crippen molar-refractivity contribution in [3.05, 3.63) is 93.9 Å².